The molecule has 6 heteroatoms. The second-order valence-corrected chi connectivity index (χ2v) is 6.90. The van der Waals surface area contributed by atoms with Crippen molar-refractivity contribution in [2.45, 2.75) is 25.4 Å². The minimum atomic E-state index is -0.838. The molecule has 0 spiro atoms. The molecule has 2 aromatic carbocycles. The molecule has 1 fully saturated rings. The van der Waals surface area contributed by atoms with Crippen LogP contribution in [0.15, 0.2) is 30.5 Å². The van der Waals surface area contributed by atoms with Gasteiger partial charge >= 0.3 is 0 Å². The molecule has 27 heavy (non-hydrogen) atoms. The van der Waals surface area contributed by atoms with Gasteiger partial charge in [-0.2, -0.15) is 5.26 Å². The number of fused-ring (bicyclic) bond motifs is 1. The third kappa shape index (κ3) is 3.51. The van der Waals surface area contributed by atoms with Crippen molar-refractivity contribution in [1.29, 1.82) is 5.26 Å². The number of halogens is 2. The van der Waals surface area contributed by atoms with Gasteiger partial charge in [0.1, 0.15) is 23.3 Å². The Morgan fingerprint density at radius 1 is 1.04 bits per heavy atom. The van der Waals surface area contributed by atoms with Gasteiger partial charge < -0.3 is 16.0 Å². The predicted octanol–water partition coefficient (Wildman–Crippen LogP) is 3.74. The Bertz CT molecular complexity index is 917. The largest absolute Gasteiger partial charge is 0.387 e. The summed E-state index contributed by atoms with van der Waals surface area (Å²) in [5.74, 6) is -1.68. The summed E-state index contributed by atoms with van der Waals surface area (Å²) in [5.41, 5.74) is 3.75. The molecular weight excluding hydrogens is 346 g/mol. The number of piperidine rings is 1. The molecule has 0 aliphatic carbocycles. The maximum Gasteiger partial charge on any atom is 0.144 e. The zero-order valence-corrected chi connectivity index (χ0v) is 14.8. The number of hydrogen-bond donors (Lipinski definition) is 3. The number of benzene rings is 2. The molecule has 0 radical (unpaired) electrons. The normalized spacial score (nSPS) is 16.3. The van der Waals surface area contributed by atoms with Crippen LogP contribution >= 0.6 is 0 Å². The Kier molecular flexibility index (Phi) is 4.78. The number of nitrogens with one attached hydrogen (secondary N) is 3. The summed E-state index contributed by atoms with van der Waals surface area (Å²) in [7, 11) is 0. The van der Waals surface area contributed by atoms with E-state index in [9.17, 15) is 8.78 Å². The lowest BCUT2D eigenvalue weighted by Crippen LogP contribution is -2.35. The van der Waals surface area contributed by atoms with Crippen LogP contribution in [-0.2, 0) is 6.54 Å². The monoisotopic (exact) mass is 366 g/mol. The number of anilines is 1. The standard InChI is InChI=1S/C21H20F2N4/c22-19-8-15(9-20(23)17(19)11-24)14-7-13-1-4-26-12-18(13)21(10-14)27-16-2-5-25-6-3-16/h1,4,7-10,16,25-27H,2-3,5-6,12H2. The Balaban J connectivity index is 1.77. The van der Waals surface area contributed by atoms with E-state index in [0.29, 0.717) is 18.2 Å². The van der Waals surface area contributed by atoms with E-state index in [4.69, 9.17) is 5.26 Å². The van der Waals surface area contributed by atoms with E-state index in [1.165, 1.54) is 12.1 Å². The molecule has 4 rings (SSSR count). The number of hydrogen-bond acceptors (Lipinski definition) is 4. The number of rotatable bonds is 3. The molecule has 0 saturated carbocycles. The summed E-state index contributed by atoms with van der Waals surface area (Å²) >= 11 is 0. The Morgan fingerprint density at radius 3 is 2.44 bits per heavy atom. The predicted molar refractivity (Wildman–Crippen MR) is 102 cm³/mol. The highest BCUT2D eigenvalue weighted by Crippen LogP contribution is 2.33. The third-order valence-corrected chi connectivity index (χ3v) is 5.13. The van der Waals surface area contributed by atoms with Crippen molar-refractivity contribution in [3.05, 3.63) is 58.8 Å². The van der Waals surface area contributed by atoms with Crippen LogP contribution in [0.25, 0.3) is 17.2 Å². The fourth-order valence-electron chi connectivity index (χ4n) is 3.68. The summed E-state index contributed by atoms with van der Waals surface area (Å²) in [6, 6.07) is 8.26. The lowest BCUT2D eigenvalue weighted by atomic mass is 9.94. The highest BCUT2D eigenvalue weighted by Gasteiger charge is 2.19. The minimum Gasteiger partial charge on any atom is -0.387 e. The molecule has 0 amide bonds. The second-order valence-electron chi connectivity index (χ2n) is 6.90. The van der Waals surface area contributed by atoms with Gasteiger partial charge in [-0.25, -0.2) is 8.78 Å². The highest BCUT2D eigenvalue weighted by atomic mass is 19.1. The van der Waals surface area contributed by atoms with Gasteiger partial charge in [0.05, 0.1) is 0 Å². The van der Waals surface area contributed by atoms with Crippen molar-refractivity contribution in [3.63, 3.8) is 0 Å². The first kappa shape index (κ1) is 17.5. The summed E-state index contributed by atoms with van der Waals surface area (Å²) in [6.45, 7) is 2.66. The van der Waals surface area contributed by atoms with Crippen molar-refractivity contribution >= 4 is 11.8 Å². The third-order valence-electron chi connectivity index (χ3n) is 5.13. The molecule has 4 nitrogen and oxygen atoms in total. The first-order chi connectivity index (χ1) is 13.2. The highest BCUT2D eigenvalue weighted by molar-refractivity contribution is 5.77. The summed E-state index contributed by atoms with van der Waals surface area (Å²) in [6.07, 6.45) is 5.90. The van der Waals surface area contributed by atoms with Gasteiger partial charge in [0.2, 0.25) is 0 Å². The van der Waals surface area contributed by atoms with Crippen LogP contribution in [0, 0.1) is 23.0 Å². The fourth-order valence-corrected chi connectivity index (χ4v) is 3.68. The van der Waals surface area contributed by atoms with Crippen LogP contribution < -0.4 is 16.0 Å². The van der Waals surface area contributed by atoms with Gasteiger partial charge in [0.15, 0.2) is 0 Å². The van der Waals surface area contributed by atoms with Crippen LogP contribution in [0.4, 0.5) is 14.5 Å². The van der Waals surface area contributed by atoms with E-state index < -0.39 is 17.2 Å². The van der Waals surface area contributed by atoms with E-state index >= 15 is 0 Å². The maximum absolute atomic E-state index is 14.1. The van der Waals surface area contributed by atoms with Crippen LogP contribution in [0.2, 0.25) is 0 Å². The maximum atomic E-state index is 14.1. The van der Waals surface area contributed by atoms with Gasteiger partial charge in [-0.1, -0.05) is 0 Å². The molecule has 2 aliphatic rings. The van der Waals surface area contributed by atoms with E-state index in [2.05, 4.69) is 16.0 Å². The van der Waals surface area contributed by atoms with Gasteiger partial charge in [0, 0.05) is 23.8 Å². The van der Waals surface area contributed by atoms with E-state index in [1.807, 2.05) is 24.4 Å². The zero-order valence-electron chi connectivity index (χ0n) is 14.8. The van der Waals surface area contributed by atoms with E-state index in [-0.39, 0.29) is 0 Å². The quantitative estimate of drug-likeness (QED) is 0.775. The van der Waals surface area contributed by atoms with Crippen LogP contribution in [0.3, 0.4) is 0 Å². The molecule has 0 unspecified atom stereocenters. The summed E-state index contributed by atoms with van der Waals surface area (Å²) < 4.78 is 28.2. The molecular formula is C21H20F2N4. The average Bonchev–Trinajstić information content (AvgIpc) is 2.68. The lowest BCUT2D eigenvalue weighted by Gasteiger charge is -2.28. The Morgan fingerprint density at radius 2 is 1.74 bits per heavy atom. The molecule has 0 aromatic heterocycles. The van der Waals surface area contributed by atoms with Crippen molar-refractivity contribution in [3.8, 4) is 17.2 Å². The number of nitriles is 1. The van der Waals surface area contributed by atoms with E-state index in [0.717, 1.165) is 48.3 Å². The van der Waals surface area contributed by atoms with Gasteiger partial charge in [-0.05, 0) is 79.2 Å². The molecule has 1 saturated heterocycles. The summed E-state index contributed by atoms with van der Waals surface area (Å²) in [5, 5.41) is 19.1. The van der Waals surface area contributed by atoms with Crippen LogP contribution in [0.1, 0.15) is 29.5 Å². The molecule has 0 atom stereocenters. The Hall–Kier alpha value is -2.91. The molecule has 2 heterocycles. The topological polar surface area (TPSA) is 59.9 Å². The summed E-state index contributed by atoms with van der Waals surface area (Å²) in [4.78, 5) is 0. The first-order valence-corrected chi connectivity index (χ1v) is 9.09. The molecule has 2 aromatic rings. The van der Waals surface area contributed by atoms with Gasteiger partial charge in [-0.15, -0.1) is 0 Å². The van der Waals surface area contributed by atoms with E-state index in [1.54, 1.807) is 6.07 Å². The fraction of sp³-hybridized carbons (Fsp3) is 0.286. The zero-order chi connectivity index (χ0) is 18.8. The molecule has 0 bridgehead atoms. The average molecular weight is 366 g/mol. The van der Waals surface area contributed by atoms with Crippen molar-refractivity contribution < 1.29 is 8.78 Å². The van der Waals surface area contributed by atoms with Gasteiger partial charge in [0.25, 0.3) is 0 Å². The van der Waals surface area contributed by atoms with Crippen LogP contribution in [-0.4, -0.2) is 19.1 Å². The van der Waals surface area contributed by atoms with Crippen molar-refractivity contribution in [1.82, 2.24) is 10.6 Å². The number of nitrogens with zero attached hydrogens (tertiary/aromatic N) is 1. The van der Waals surface area contributed by atoms with Gasteiger partial charge in [-0.3, -0.25) is 0 Å². The van der Waals surface area contributed by atoms with Crippen molar-refractivity contribution in [2.75, 3.05) is 18.4 Å². The molecule has 138 valence electrons. The second kappa shape index (κ2) is 7.37. The molecule has 2 aliphatic heterocycles. The molecule has 3 N–H and O–H groups in total. The Labute approximate surface area is 156 Å². The van der Waals surface area contributed by atoms with Crippen molar-refractivity contribution in [2.24, 2.45) is 0 Å². The van der Waals surface area contributed by atoms with Crippen LogP contribution in [0.5, 0.6) is 0 Å². The lowest BCUT2D eigenvalue weighted by molar-refractivity contribution is 0.479. The smallest absolute Gasteiger partial charge is 0.144 e. The minimum absolute atomic E-state index is 0.367. The first-order valence-electron chi connectivity index (χ1n) is 9.09. The SMILES string of the molecule is N#Cc1c(F)cc(-c2cc3c(c(NC4CCNCC4)c2)CNC=C3)cc1F.